The van der Waals surface area contributed by atoms with E-state index in [1.807, 2.05) is 0 Å². The van der Waals surface area contributed by atoms with Gasteiger partial charge in [-0.25, -0.2) is 8.78 Å². The molecule has 0 unspecified atom stereocenters. The highest BCUT2D eigenvalue weighted by atomic mass is 35.5. The Hall–Kier alpha value is -0.850. The second-order valence-electron chi connectivity index (χ2n) is 5.34. The normalized spacial score (nSPS) is 21.3. The van der Waals surface area contributed by atoms with Crippen molar-refractivity contribution in [3.8, 4) is 0 Å². The van der Waals surface area contributed by atoms with E-state index in [0.717, 1.165) is 31.0 Å². The number of hydrogen-bond donors (Lipinski definition) is 2. The summed E-state index contributed by atoms with van der Waals surface area (Å²) in [5.41, 5.74) is 6.19. The average Bonchev–Trinajstić information content (AvgIpc) is 2.95. The van der Waals surface area contributed by atoms with Gasteiger partial charge in [-0.3, -0.25) is 4.79 Å². The molecule has 0 bridgehead atoms. The topological polar surface area (TPSA) is 55.1 Å². The molecular formula is C15H19ClF2N2OS. The first-order valence-electron chi connectivity index (χ1n) is 7.23. The van der Waals surface area contributed by atoms with Crippen molar-refractivity contribution >= 4 is 35.0 Å². The van der Waals surface area contributed by atoms with Crippen LogP contribution in [0.1, 0.15) is 19.3 Å². The maximum Gasteiger partial charge on any atom is 0.247 e. The number of carbonyl (C=O) groups excluding carboxylic acids is 1. The number of alkyl halides is 2. The average molecular weight is 349 g/mol. The van der Waals surface area contributed by atoms with Gasteiger partial charge in [0, 0.05) is 10.8 Å². The molecule has 0 aromatic heterocycles. The highest BCUT2D eigenvalue weighted by Crippen LogP contribution is 2.37. The second kappa shape index (κ2) is 8.13. The Morgan fingerprint density at radius 2 is 2.23 bits per heavy atom. The number of halogens is 3. The molecule has 3 nitrogen and oxygen atoms in total. The molecule has 0 spiro atoms. The molecule has 1 saturated carbocycles. The zero-order chi connectivity index (χ0) is 16.1. The highest BCUT2D eigenvalue weighted by molar-refractivity contribution is 7.99. The summed E-state index contributed by atoms with van der Waals surface area (Å²) in [5.74, 6) is -0.385. The Morgan fingerprint density at radius 3 is 2.91 bits per heavy atom. The van der Waals surface area contributed by atoms with Gasteiger partial charge in [0.1, 0.15) is 0 Å². The van der Waals surface area contributed by atoms with Crippen LogP contribution >= 0.6 is 23.4 Å². The number of thioether (sulfide) groups is 1. The van der Waals surface area contributed by atoms with E-state index in [2.05, 4.69) is 5.32 Å². The highest BCUT2D eigenvalue weighted by Gasteiger charge is 2.32. The molecule has 22 heavy (non-hydrogen) atoms. The van der Waals surface area contributed by atoms with E-state index in [9.17, 15) is 13.6 Å². The Labute approximate surface area is 138 Å². The predicted molar refractivity (Wildman–Crippen MR) is 86.7 cm³/mol. The summed E-state index contributed by atoms with van der Waals surface area (Å²) < 4.78 is 24.8. The van der Waals surface area contributed by atoms with Crippen LogP contribution in [0.3, 0.4) is 0 Å². The quantitative estimate of drug-likeness (QED) is 0.764. The Bertz CT molecular complexity index is 530. The minimum Gasteiger partial charge on any atom is -0.330 e. The van der Waals surface area contributed by atoms with Gasteiger partial charge in [0.2, 0.25) is 12.3 Å². The zero-order valence-corrected chi connectivity index (χ0v) is 13.6. The first kappa shape index (κ1) is 17.5. The van der Waals surface area contributed by atoms with Crippen LogP contribution in [0.4, 0.5) is 14.5 Å². The van der Waals surface area contributed by atoms with Crippen molar-refractivity contribution in [2.24, 2.45) is 17.6 Å². The van der Waals surface area contributed by atoms with E-state index < -0.39 is 6.43 Å². The van der Waals surface area contributed by atoms with E-state index >= 15 is 0 Å². The summed E-state index contributed by atoms with van der Waals surface area (Å²) in [6.07, 6.45) is 0.328. The summed E-state index contributed by atoms with van der Waals surface area (Å²) in [4.78, 5) is 12.9. The smallest absolute Gasteiger partial charge is 0.247 e. The molecule has 1 aromatic rings. The lowest BCUT2D eigenvalue weighted by atomic mass is 9.95. The van der Waals surface area contributed by atoms with Crippen LogP contribution in [-0.4, -0.2) is 24.6 Å². The monoisotopic (exact) mass is 348 g/mol. The number of hydrogen-bond acceptors (Lipinski definition) is 3. The maximum absolute atomic E-state index is 12.4. The number of nitrogens with two attached hydrogens (primary N) is 1. The molecule has 3 N–H and O–H groups in total. The number of anilines is 1. The number of nitrogens with one attached hydrogen (secondary N) is 1. The second-order valence-corrected chi connectivity index (χ2v) is 6.78. The molecule has 1 aromatic carbocycles. The van der Waals surface area contributed by atoms with Gasteiger partial charge in [0.05, 0.1) is 16.5 Å². The Kier molecular flexibility index (Phi) is 6.47. The molecule has 2 atom stereocenters. The molecule has 1 aliphatic carbocycles. The summed E-state index contributed by atoms with van der Waals surface area (Å²) in [6, 6.07) is 5.01. The van der Waals surface area contributed by atoms with Gasteiger partial charge >= 0.3 is 0 Å². The molecule has 0 saturated heterocycles. The van der Waals surface area contributed by atoms with Crippen LogP contribution in [-0.2, 0) is 4.79 Å². The third-order valence-corrected chi connectivity index (χ3v) is 5.45. The first-order valence-corrected chi connectivity index (χ1v) is 8.59. The number of carbonyl (C=O) groups is 1. The zero-order valence-electron chi connectivity index (χ0n) is 12.0. The van der Waals surface area contributed by atoms with Gasteiger partial charge in [0.25, 0.3) is 0 Å². The standard InChI is InChI=1S/C15H19ClF2N2OS/c16-11-5-2-6-12(14(11)22-8-13(17)18)20-15(21)10-4-1-3-9(10)7-19/h2,5-6,9-10,13H,1,3-4,7-8,19H2,(H,20,21)/t9-,10-/m1/s1. The van der Waals surface area contributed by atoms with E-state index in [0.29, 0.717) is 22.2 Å². The van der Waals surface area contributed by atoms with Crippen molar-refractivity contribution in [2.75, 3.05) is 17.6 Å². The third kappa shape index (κ3) is 4.33. The van der Waals surface area contributed by atoms with Crippen molar-refractivity contribution in [3.05, 3.63) is 23.2 Å². The van der Waals surface area contributed by atoms with Crippen LogP contribution < -0.4 is 11.1 Å². The molecule has 1 amide bonds. The Morgan fingerprint density at radius 1 is 1.45 bits per heavy atom. The lowest BCUT2D eigenvalue weighted by Gasteiger charge is -2.19. The SMILES string of the molecule is NC[C@H]1CCC[C@H]1C(=O)Nc1cccc(Cl)c1SCC(F)F. The van der Waals surface area contributed by atoms with Crippen molar-refractivity contribution < 1.29 is 13.6 Å². The lowest BCUT2D eigenvalue weighted by Crippen LogP contribution is -2.29. The van der Waals surface area contributed by atoms with Crippen LogP contribution in [0.15, 0.2) is 23.1 Å². The van der Waals surface area contributed by atoms with Crippen LogP contribution in [0, 0.1) is 11.8 Å². The summed E-state index contributed by atoms with van der Waals surface area (Å²) in [6.45, 7) is 0.487. The van der Waals surface area contributed by atoms with Gasteiger partial charge in [-0.05, 0) is 37.4 Å². The molecule has 0 radical (unpaired) electrons. The first-order chi connectivity index (χ1) is 10.5. The van der Waals surface area contributed by atoms with Gasteiger partial charge in [-0.15, -0.1) is 11.8 Å². The maximum atomic E-state index is 12.4. The fraction of sp³-hybridized carbons (Fsp3) is 0.533. The van der Waals surface area contributed by atoms with E-state index in [-0.39, 0.29) is 23.5 Å². The lowest BCUT2D eigenvalue weighted by molar-refractivity contribution is -0.120. The summed E-state index contributed by atoms with van der Waals surface area (Å²) in [7, 11) is 0. The molecule has 7 heteroatoms. The van der Waals surface area contributed by atoms with Crippen molar-refractivity contribution in [1.29, 1.82) is 0 Å². The minimum atomic E-state index is -2.43. The van der Waals surface area contributed by atoms with Crippen LogP contribution in [0.25, 0.3) is 0 Å². The van der Waals surface area contributed by atoms with Gasteiger partial charge in [-0.1, -0.05) is 24.1 Å². The molecule has 1 aliphatic rings. The minimum absolute atomic E-state index is 0.103. The van der Waals surface area contributed by atoms with Crippen LogP contribution in [0.2, 0.25) is 5.02 Å². The molecule has 1 fully saturated rings. The fourth-order valence-corrected chi connectivity index (χ4v) is 3.90. The molecular weight excluding hydrogens is 330 g/mol. The number of rotatable bonds is 6. The van der Waals surface area contributed by atoms with Gasteiger partial charge < -0.3 is 11.1 Å². The van der Waals surface area contributed by atoms with Crippen LogP contribution in [0.5, 0.6) is 0 Å². The van der Waals surface area contributed by atoms with Gasteiger partial charge in [0.15, 0.2) is 0 Å². The molecule has 0 aliphatic heterocycles. The molecule has 2 rings (SSSR count). The largest absolute Gasteiger partial charge is 0.330 e. The fourth-order valence-electron chi connectivity index (χ4n) is 2.79. The predicted octanol–water partition coefficient (Wildman–Crippen LogP) is 4.01. The molecule has 122 valence electrons. The third-order valence-electron chi connectivity index (χ3n) is 3.88. The van der Waals surface area contributed by atoms with E-state index in [1.165, 1.54) is 0 Å². The Balaban J connectivity index is 2.11. The number of amides is 1. The van der Waals surface area contributed by atoms with Gasteiger partial charge in [-0.2, -0.15) is 0 Å². The number of benzene rings is 1. The van der Waals surface area contributed by atoms with Crippen molar-refractivity contribution in [3.63, 3.8) is 0 Å². The van der Waals surface area contributed by atoms with Crippen molar-refractivity contribution in [1.82, 2.24) is 0 Å². The van der Waals surface area contributed by atoms with E-state index in [4.69, 9.17) is 17.3 Å². The molecule has 0 heterocycles. The van der Waals surface area contributed by atoms with E-state index in [1.54, 1.807) is 18.2 Å². The summed E-state index contributed by atoms with van der Waals surface area (Å²) in [5, 5.41) is 3.20. The summed E-state index contributed by atoms with van der Waals surface area (Å²) >= 11 is 7.03. The van der Waals surface area contributed by atoms with Crippen molar-refractivity contribution in [2.45, 2.75) is 30.6 Å².